The molecule has 1 aromatic carbocycles. The number of aromatic nitrogens is 4. The Morgan fingerprint density at radius 1 is 1.10 bits per heavy atom. The quantitative estimate of drug-likeness (QED) is 0.438. The molecule has 4 aliphatic rings. The van der Waals surface area contributed by atoms with Crippen LogP contribution in [-0.4, -0.2) is 62.2 Å². The van der Waals surface area contributed by atoms with E-state index >= 15 is 0 Å². The van der Waals surface area contributed by atoms with Gasteiger partial charge in [0.2, 0.25) is 0 Å². The van der Waals surface area contributed by atoms with Crippen molar-refractivity contribution >= 4 is 30.6 Å². The number of carbonyl (C=O) groups excluding carboxylic acids is 1. The van der Waals surface area contributed by atoms with Gasteiger partial charge in [0.05, 0.1) is 0 Å². The van der Waals surface area contributed by atoms with Gasteiger partial charge in [0, 0.05) is 0 Å². The van der Waals surface area contributed by atoms with Gasteiger partial charge in [-0.15, -0.1) is 0 Å². The number of fused-ring (bicyclic) bond motifs is 3. The molecular weight excluding hydrogens is 531 g/mol. The van der Waals surface area contributed by atoms with Crippen LogP contribution in [0.4, 0.5) is 5.82 Å². The Kier molecular flexibility index (Phi) is 5.23. The van der Waals surface area contributed by atoms with Crippen molar-refractivity contribution in [2.24, 2.45) is 5.92 Å². The summed E-state index contributed by atoms with van der Waals surface area (Å²) in [5.41, 5.74) is 6.94. The zero-order chi connectivity index (χ0) is 27.2. The summed E-state index contributed by atoms with van der Waals surface area (Å²) in [4.78, 5) is 25.7. The zero-order valence-corrected chi connectivity index (χ0v) is 22.6. The number of ether oxygens (including phenoxy) is 3. The second-order valence-electron chi connectivity index (χ2n) is 10.7. The van der Waals surface area contributed by atoms with Crippen LogP contribution in [0.5, 0.6) is 11.5 Å². The summed E-state index contributed by atoms with van der Waals surface area (Å²) in [5.74, 6) is -0.427. The van der Waals surface area contributed by atoms with Crippen molar-refractivity contribution < 1.29 is 37.1 Å². The zero-order valence-electron chi connectivity index (χ0n) is 21.7. The van der Waals surface area contributed by atoms with E-state index in [-0.39, 0.29) is 18.3 Å². The third kappa shape index (κ3) is 3.78. The van der Waals surface area contributed by atoms with Crippen LogP contribution in [0.2, 0.25) is 0 Å². The Bertz CT molecular complexity index is 1460. The molecule has 0 bridgehead atoms. The average Bonchev–Trinajstić information content (AvgIpc) is 3.65. The number of nitrogens with one attached hydrogen (secondary N) is 1. The van der Waals surface area contributed by atoms with Crippen LogP contribution in [0.15, 0.2) is 36.9 Å². The average molecular weight is 561 g/mol. The topological polar surface area (TPSA) is 163 Å². The Morgan fingerprint density at radius 2 is 1.82 bits per heavy atom. The third-order valence-electron chi connectivity index (χ3n) is 7.13. The first-order chi connectivity index (χ1) is 18.6. The Hall–Kier alpha value is -3.13. The standard InChI is InChI=1S/C24H29N6O8P/c1-12(2)16-23(31)38-39(29-16,36-13-7-5-6-8-14(13)37-39)32-9-15-18-19(35-24(3,4)34-18)22(33-15)30-11-28-17-20(25)26-10-27-21(17)30/h5-8,10-12,15-16,18-19,22,29H,9H2,1-4H3,(H2,25,26,27)/t15-,16?,18-,19-,22-/m1/s1. The number of carbonyl (C=O) groups is 1. The first kappa shape index (κ1) is 24.9. The fourth-order valence-electron chi connectivity index (χ4n) is 5.38. The van der Waals surface area contributed by atoms with Crippen molar-refractivity contribution in [1.29, 1.82) is 0 Å². The van der Waals surface area contributed by atoms with Gasteiger partial charge in [0.15, 0.2) is 0 Å². The molecule has 0 amide bonds. The van der Waals surface area contributed by atoms with Gasteiger partial charge >= 0.3 is 223 Å². The number of nitrogens with two attached hydrogens (primary N) is 1. The Balaban J connectivity index is 1.21. The minimum absolute atomic E-state index is 0.0994. The number of nitrogen functional groups attached to an aromatic ring is 1. The predicted octanol–water partition coefficient (Wildman–Crippen LogP) is 2.61. The molecule has 39 heavy (non-hydrogen) atoms. The maximum absolute atomic E-state index is 13.0. The van der Waals surface area contributed by atoms with Crippen molar-refractivity contribution in [2.45, 2.75) is 64.1 Å². The van der Waals surface area contributed by atoms with Gasteiger partial charge in [-0.25, -0.2) is 0 Å². The molecule has 15 heteroatoms. The molecule has 4 aliphatic heterocycles. The van der Waals surface area contributed by atoms with Gasteiger partial charge in [-0.1, -0.05) is 0 Å². The number of anilines is 1. The van der Waals surface area contributed by atoms with Crippen LogP contribution in [-0.2, 0) is 28.1 Å². The third-order valence-corrected chi connectivity index (χ3v) is 9.94. The first-order valence-electron chi connectivity index (χ1n) is 12.7. The van der Waals surface area contributed by atoms with Gasteiger partial charge in [-0.05, 0) is 0 Å². The number of hydrogen-bond acceptors (Lipinski definition) is 13. The van der Waals surface area contributed by atoms with E-state index in [4.69, 9.17) is 38.0 Å². The van der Waals surface area contributed by atoms with Gasteiger partial charge < -0.3 is 0 Å². The number of nitrogens with zero attached hydrogens (tertiary/aromatic N) is 4. The number of rotatable bonds is 5. The summed E-state index contributed by atoms with van der Waals surface area (Å²) in [6.07, 6.45) is 0.557. The van der Waals surface area contributed by atoms with Gasteiger partial charge in [-0.2, -0.15) is 0 Å². The summed E-state index contributed by atoms with van der Waals surface area (Å²) in [7, 11) is -4.64. The second kappa shape index (κ2) is 8.19. The molecule has 1 unspecified atom stereocenters. The van der Waals surface area contributed by atoms with E-state index < -0.39 is 50.0 Å². The monoisotopic (exact) mass is 560 g/mol. The normalized spacial score (nSPS) is 32.4. The molecule has 3 N–H and O–H groups in total. The minimum atomic E-state index is -4.64. The first-order valence-corrected chi connectivity index (χ1v) is 14.6. The number of imidazole rings is 1. The van der Waals surface area contributed by atoms with E-state index in [0.717, 1.165) is 0 Å². The molecular formula is C24H29N6O8P. The van der Waals surface area contributed by atoms with Crippen LogP contribution in [0.25, 0.3) is 11.2 Å². The van der Waals surface area contributed by atoms with E-state index in [1.54, 1.807) is 35.2 Å². The van der Waals surface area contributed by atoms with Crippen molar-refractivity contribution in [3.8, 4) is 11.5 Å². The summed E-state index contributed by atoms with van der Waals surface area (Å²) >= 11 is 0. The predicted molar refractivity (Wildman–Crippen MR) is 136 cm³/mol. The molecule has 3 fully saturated rings. The molecule has 3 saturated heterocycles. The van der Waals surface area contributed by atoms with Gasteiger partial charge in [0.1, 0.15) is 0 Å². The summed E-state index contributed by atoms with van der Waals surface area (Å²) < 4.78 is 45.4. The molecule has 2 aromatic heterocycles. The summed E-state index contributed by atoms with van der Waals surface area (Å²) in [5, 5.41) is 3.16. The van der Waals surface area contributed by atoms with E-state index in [0.29, 0.717) is 22.7 Å². The number of para-hydroxylation sites is 2. The van der Waals surface area contributed by atoms with Crippen molar-refractivity contribution in [3.63, 3.8) is 0 Å². The van der Waals surface area contributed by atoms with Crippen molar-refractivity contribution in [1.82, 2.24) is 24.6 Å². The SMILES string of the molecule is CC(C)C1NP2(OC[C@H]3O[C@@H](n4cnc5c(N)ncnc54)[C@@H]4OC(C)(C)O[C@@H]43)(OC1=O)Oc1ccccc1O2. The number of benzene rings is 1. The second-order valence-corrected chi connectivity index (χ2v) is 13.4. The van der Waals surface area contributed by atoms with Gasteiger partial charge in [0.25, 0.3) is 0 Å². The summed E-state index contributed by atoms with van der Waals surface area (Å²) in [6, 6.07) is 6.36. The fraction of sp³-hybridized carbons (Fsp3) is 0.500. The molecule has 0 radical (unpaired) electrons. The molecule has 14 nitrogen and oxygen atoms in total. The van der Waals surface area contributed by atoms with Crippen LogP contribution in [0.1, 0.15) is 33.9 Å². The molecule has 0 aliphatic carbocycles. The van der Waals surface area contributed by atoms with E-state index in [1.165, 1.54) is 6.33 Å². The molecule has 0 saturated carbocycles. The molecule has 5 atom stereocenters. The van der Waals surface area contributed by atoms with Crippen molar-refractivity contribution in [3.05, 3.63) is 36.9 Å². The van der Waals surface area contributed by atoms with Gasteiger partial charge in [-0.3, -0.25) is 0 Å². The van der Waals surface area contributed by atoms with E-state index in [9.17, 15) is 4.79 Å². The Morgan fingerprint density at radius 3 is 2.51 bits per heavy atom. The molecule has 1 spiro atoms. The Labute approximate surface area is 223 Å². The number of hydrogen-bond donors (Lipinski definition) is 2. The van der Waals surface area contributed by atoms with Crippen LogP contribution in [0.3, 0.4) is 0 Å². The molecule has 7 rings (SSSR count). The molecule has 6 heterocycles. The van der Waals surface area contributed by atoms with E-state index in [2.05, 4.69) is 20.0 Å². The fourth-order valence-corrected chi connectivity index (χ4v) is 8.55. The maximum atomic E-state index is 13.0. The van der Waals surface area contributed by atoms with Crippen molar-refractivity contribution in [2.75, 3.05) is 12.3 Å². The van der Waals surface area contributed by atoms with Crippen LogP contribution in [0, 0.1) is 5.92 Å². The van der Waals surface area contributed by atoms with Crippen LogP contribution < -0.4 is 19.9 Å². The molecule has 3 aromatic rings. The molecule has 208 valence electrons. The summed E-state index contributed by atoms with van der Waals surface area (Å²) in [6.45, 7) is 7.35. The van der Waals surface area contributed by atoms with Crippen LogP contribution >= 0.6 is 7.66 Å². The van der Waals surface area contributed by atoms with E-state index in [1.807, 2.05) is 27.7 Å².